The van der Waals surface area contributed by atoms with Gasteiger partial charge in [-0.25, -0.2) is 4.79 Å². The number of para-hydroxylation sites is 1. The van der Waals surface area contributed by atoms with Crippen LogP contribution in [-0.4, -0.2) is 73.9 Å². The number of hydrogen-bond acceptors (Lipinski definition) is 4. The minimum atomic E-state index is 0.0244. The first-order valence-electron chi connectivity index (χ1n) is 9.39. The third-order valence-corrected chi connectivity index (χ3v) is 5.34. The van der Waals surface area contributed by atoms with Gasteiger partial charge in [-0.3, -0.25) is 4.90 Å². The molecule has 2 amide bonds. The maximum atomic E-state index is 12.4. The Balaban J connectivity index is 1.17. The molecule has 6 nitrogen and oxygen atoms in total. The zero-order valence-electron chi connectivity index (χ0n) is 14.7. The van der Waals surface area contributed by atoms with Crippen LogP contribution in [0.25, 0.3) is 0 Å². The number of carbonyl (C=O) groups is 1. The fraction of sp³-hybridized carbons (Fsp3) is 0.632. The van der Waals surface area contributed by atoms with E-state index in [1.54, 1.807) is 0 Å². The van der Waals surface area contributed by atoms with Gasteiger partial charge in [-0.1, -0.05) is 18.2 Å². The number of amides is 2. The molecule has 136 valence electrons. The van der Waals surface area contributed by atoms with Crippen LogP contribution in [0, 0.1) is 0 Å². The van der Waals surface area contributed by atoms with Gasteiger partial charge in [-0.15, -0.1) is 0 Å². The van der Waals surface area contributed by atoms with E-state index in [1.165, 1.54) is 18.4 Å². The van der Waals surface area contributed by atoms with E-state index < -0.39 is 0 Å². The summed E-state index contributed by atoms with van der Waals surface area (Å²) in [6.45, 7) is 5.89. The molecule has 3 heterocycles. The predicted molar refractivity (Wildman–Crippen MR) is 94.9 cm³/mol. The first kappa shape index (κ1) is 16.7. The standard InChI is InChI=1S/C19H27N3O3/c23-19(20-13-17-12-15-4-1-2-6-18(15)25-17)22-9-7-21(8-10-22)14-16-5-3-11-24-16/h1-2,4,6,16-17H,3,5,7-14H2,(H,20,23)/t16-,17+/m1/s1. The fourth-order valence-corrected chi connectivity index (χ4v) is 3.89. The van der Waals surface area contributed by atoms with Crippen molar-refractivity contribution in [3.05, 3.63) is 29.8 Å². The Hall–Kier alpha value is -1.79. The lowest BCUT2D eigenvalue weighted by Gasteiger charge is -2.35. The van der Waals surface area contributed by atoms with E-state index in [0.717, 1.165) is 51.5 Å². The molecule has 1 aromatic carbocycles. The highest BCUT2D eigenvalue weighted by molar-refractivity contribution is 5.74. The highest BCUT2D eigenvalue weighted by atomic mass is 16.5. The second kappa shape index (κ2) is 7.62. The number of benzene rings is 1. The average molecular weight is 345 g/mol. The molecular weight excluding hydrogens is 318 g/mol. The second-order valence-electron chi connectivity index (χ2n) is 7.16. The lowest BCUT2D eigenvalue weighted by molar-refractivity contribution is 0.0559. The van der Waals surface area contributed by atoms with Gasteiger partial charge in [0.1, 0.15) is 11.9 Å². The quantitative estimate of drug-likeness (QED) is 0.898. The van der Waals surface area contributed by atoms with Crippen molar-refractivity contribution in [3.63, 3.8) is 0 Å². The van der Waals surface area contributed by atoms with Crippen LogP contribution in [0.1, 0.15) is 18.4 Å². The first-order chi connectivity index (χ1) is 12.3. The minimum Gasteiger partial charge on any atom is -0.488 e. The molecule has 0 aromatic heterocycles. The molecule has 1 N–H and O–H groups in total. The van der Waals surface area contributed by atoms with Crippen molar-refractivity contribution in [2.24, 2.45) is 0 Å². The smallest absolute Gasteiger partial charge is 0.317 e. The Bertz CT molecular complexity index is 570. The van der Waals surface area contributed by atoms with Crippen LogP contribution in [-0.2, 0) is 11.2 Å². The molecule has 2 fully saturated rings. The Labute approximate surface area is 149 Å². The molecular formula is C19H27N3O3. The molecule has 0 saturated carbocycles. The van der Waals surface area contributed by atoms with E-state index in [-0.39, 0.29) is 12.1 Å². The van der Waals surface area contributed by atoms with Crippen LogP contribution >= 0.6 is 0 Å². The zero-order chi connectivity index (χ0) is 17.1. The lowest BCUT2D eigenvalue weighted by atomic mass is 10.1. The number of nitrogens with zero attached hydrogens (tertiary/aromatic N) is 2. The lowest BCUT2D eigenvalue weighted by Crippen LogP contribution is -2.53. The summed E-state index contributed by atoms with van der Waals surface area (Å²) < 4.78 is 11.6. The number of ether oxygens (including phenoxy) is 2. The number of carbonyl (C=O) groups excluding carboxylic acids is 1. The van der Waals surface area contributed by atoms with Crippen LogP contribution in [0.4, 0.5) is 4.79 Å². The third-order valence-electron chi connectivity index (χ3n) is 5.34. The summed E-state index contributed by atoms with van der Waals surface area (Å²) in [6, 6.07) is 8.11. The van der Waals surface area contributed by atoms with E-state index in [2.05, 4.69) is 16.3 Å². The maximum absolute atomic E-state index is 12.4. The molecule has 0 unspecified atom stereocenters. The first-order valence-corrected chi connectivity index (χ1v) is 9.39. The largest absolute Gasteiger partial charge is 0.488 e. The van der Waals surface area contributed by atoms with Crippen molar-refractivity contribution < 1.29 is 14.3 Å². The molecule has 0 spiro atoms. The molecule has 0 bridgehead atoms. The van der Waals surface area contributed by atoms with Gasteiger partial charge in [0.25, 0.3) is 0 Å². The Kier molecular flexibility index (Phi) is 5.08. The average Bonchev–Trinajstić information content (AvgIpc) is 3.29. The fourth-order valence-electron chi connectivity index (χ4n) is 3.89. The number of fused-ring (bicyclic) bond motifs is 1. The highest BCUT2D eigenvalue weighted by Crippen LogP contribution is 2.27. The summed E-state index contributed by atoms with van der Waals surface area (Å²) in [4.78, 5) is 16.7. The Morgan fingerprint density at radius 3 is 2.76 bits per heavy atom. The molecule has 4 rings (SSSR count). The van der Waals surface area contributed by atoms with Crippen molar-refractivity contribution in [3.8, 4) is 5.75 Å². The summed E-state index contributed by atoms with van der Waals surface area (Å²) in [5.41, 5.74) is 1.23. The normalized spacial score (nSPS) is 26.3. The van der Waals surface area contributed by atoms with Gasteiger partial charge >= 0.3 is 6.03 Å². The van der Waals surface area contributed by atoms with E-state index in [0.29, 0.717) is 12.6 Å². The summed E-state index contributed by atoms with van der Waals surface area (Å²) in [5, 5.41) is 3.04. The van der Waals surface area contributed by atoms with Gasteiger partial charge < -0.3 is 19.7 Å². The topological polar surface area (TPSA) is 54.0 Å². The SMILES string of the molecule is O=C(NC[C@@H]1Cc2ccccc2O1)N1CCN(C[C@H]2CCCO2)CC1. The van der Waals surface area contributed by atoms with Crippen molar-refractivity contribution >= 4 is 6.03 Å². The van der Waals surface area contributed by atoms with Crippen LogP contribution < -0.4 is 10.1 Å². The summed E-state index contributed by atoms with van der Waals surface area (Å²) in [6.07, 6.45) is 3.65. The van der Waals surface area contributed by atoms with Gasteiger partial charge in [0.15, 0.2) is 0 Å². The second-order valence-corrected chi connectivity index (χ2v) is 7.16. The Morgan fingerprint density at radius 1 is 1.16 bits per heavy atom. The van der Waals surface area contributed by atoms with Crippen molar-refractivity contribution in [1.82, 2.24) is 15.1 Å². The van der Waals surface area contributed by atoms with Crippen LogP contribution in [0.15, 0.2) is 24.3 Å². The molecule has 6 heteroatoms. The molecule has 0 aliphatic carbocycles. The van der Waals surface area contributed by atoms with E-state index in [4.69, 9.17) is 9.47 Å². The van der Waals surface area contributed by atoms with Gasteiger partial charge in [0.2, 0.25) is 0 Å². The van der Waals surface area contributed by atoms with Crippen molar-refractivity contribution in [1.29, 1.82) is 0 Å². The van der Waals surface area contributed by atoms with Gasteiger partial charge in [-0.05, 0) is 24.5 Å². The summed E-state index contributed by atoms with van der Waals surface area (Å²) in [7, 11) is 0. The maximum Gasteiger partial charge on any atom is 0.317 e. The van der Waals surface area contributed by atoms with Gasteiger partial charge in [-0.2, -0.15) is 0 Å². The van der Waals surface area contributed by atoms with Crippen molar-refractivity contribution in [2.45, 2.75) is 31.5 Å². The summed E-state index contributed by atoms with van der Waals surface area (Å²) in [5.74, 6) is 0.949. The monoisotopic (exact) mass is 345 g/mol. The van der Waals surface area contributed by atoms with Gasteiger partial charge in [0, 0.05) is 45.8 Å². The number of rotatable bonds is 4. The van der Waals surface area contributed by atoms with Crippen LogP contribution in [0.2, 0.25) is 0 Å². The number of hydrogen-bond donors (Lipinski definition) is 1. The predicted octanol–water partition coefficient (Wildman–Crippen LogP) is 1.50. The summed E-state index contributed by atoms with van der Waals surface area (Å²) >= 11 is 0. The molecule has 2 saturated heterocycles. The third kappa shape index (κ3) is 4.07. The number of nitrogens with one attached hydrogen (secondary N) is 1. The van der Waals surface area contributed by atoms with Gasteiger partial charge in [0.05, 0.1) is 12.6 Å². The highest BCUT2D eigenvalue weighted by Gasteiger charge is 2.26. The van der Waals surface area contributed by atoms with Crippen LogP contribution in [0.5, 0.6) is 5.75 Å². The van der Waals surface area contributed by atoms with E-state index in [9.17, 15) is 4.79 Å². The van der Waals surface area contributed by atoms with Crippen LogP contribution in [0.3, 0.4) is 0 Å². The minimum absolute atomic E-state index is 0.0244. The molecule has 3 aliphatic rings. The molecule has 2 atom stereocenters. The molecule has 25 heavy (non-hydrogen) atoms. The van der Waals surface area contributed by atoms with Crippen molar-refractivity contribution in [2.75, 3.05) is 45.9 Å². The number of piperazine rings is 1. The van der Waals surface area contributed by atoms with E-state index >= 15 is 0 Å². The molecule has 1 aromatic rings. The molecule has 0 radical (unpaired) electrons. The molecule has 3 aliphatic heterocycles. The number of urea groups is 1. The van der Waals surface area contributed by atoms with E-state index in [1.807, 2.05) is 23.1 Å². The Morgan fingerprint density at radius 2 is 2.00 bits per heavy atom. The zero-order valence-corrected chi connectivity index (χ0v) is 14.7.